The first-order chi connectivity index (χ1) is 9.72. The van der Waals surface area contributed by atoms with E-state index >= 15 is 0 Å². The number of hydrogen-bond acceptors (Lipinski definition) is 2. The summed E-state index contributed by atoms with van der Waals surface area (Å²) in [5.74, 6) is 0.616. The maximum atomic E-state index is 12.2. The number of hydrogen-bond donors (Lipinski definition) is 1. The van der Waals surface area contributed by atoms with Crippen LogP contribution in [-0.2, 0) is 11.2 Å². The fraction of sp³-hybridized carbons (Fsp3) is 0.235. The van der Waals surface area contributed by atoms with E-state index in [1.54, 1.807) is 0 Å². The summed E-state index contributed by atoms with van der Waals surface area (Å²) in [5, 5.41) is 3.37. The van der Waals surface area contributed by atoms with Gasteiger partial charge >= 0.3 is 0 Å². The smallest absolute Gasteiger partial charge is 0.137 e. The Labute approximate surface area is 127 Å². The van der Waals surface area contributed by atoms with Crippen LogP contribution in [-0.4, -0.2) is 12.3 Å². The van der Waals surface area contributed by atoms with Gasteiger partial charge in [-0.05, 0) is 29.3 Å². The Morgan fingerprint density at radius 1 is 1.15 bits per heavy atom. The van der Waals surface area contributed by atoms with Crippen molar-refractivity contribution >= 4 is 27.4 Å². The molecule has 0 aromatic heterocycles. The van der Waals surface area contributed by atoms with E-state index < -0.39 is 0 Å². The Hall–Kier alpha value is -1.61. The van der Waals surface area contributed by atoms with Crippen molar-refractivity contribution in [2.45, 2.75) is 18.8 Å². The maximum absolute atomic E-state index is 12.2. The zero-order chi connectivity index (χ0) is 13.9. The number of rotatable bonds is 4. The molecule has 0 aliphatic carbocycles. The number of halogens is 1. The van der Waals surface area contributed by atoms with E-state index in [9.17, 15) is 4.79 Å². The molecule has 2 nitrogen and oxygen atoms in total. The van der Waals surface area contributed by atoms with Crippen LogP contribution in [0.1, 0.15) is 23.5 Å². The quantitative estimate of drug-likeness (QED) is 0.912. The molecule has 0 saturated carbocycles. The minimum atomic E-state index is 0.302. The van der Waals surface area contributed by atoms with Gasteiger partial charge in [-0.1, -0.05) is 46.3 Å². The van der Waals surface area contributed by atoms with E-state index in [1.807, 2.05) is 36.4 Å². The van der Waals surface area contributed by atoms with Crippen LogP contribution in [0, 0.1) is 0 Å². The first kappa shape index (κ1) is 13.4. The van der Waals surface area contributed by atoms with Crippen LogP contribution in [0.3, 0.4) is 0 Å². The SMILES string of the molecule is O=C(Cc1ccc(Br)cc1)CC1CNc2ccccc21. The summed E-state index contributed by atoms with van der Waals surface area (Å²) < 4.78 is 1.04. The van der Waals surface area contributed by atoms with Crippen molar-refractivity contribution in [2.75, 3.05) is 11.9 Å². The molecule has 0 saturated heterocycles. The topological polar surface area (TPSA) is 29.1 Å². The largest absolute Gasteiger partial charge is 0.384 e. The standard InChI is InChI=1S/C17H16BrNO/c18-14-7-5-12(6-8-14)9-15(20)10-13-11-19-17-4-2-1-3-16(13)17/h1-8,13,19H,9-11H2. The van der Waals surface area contributed by atoms with E-state index in [1.165, 1.54) is 11.3 Å². The molecule has 0 fully saturated rings. The second-order valence-corrected chi connectivity index (χ2v) is 6.13. The monoisotopic (exact) mass is 329 g/mol. The molecule has 1 aliphatic heterocycles. The molecule has 102 valence electrons. The summed E-state index contributed by atoms with van der Waals surface area (Å²) >= 11 is 3.41. The third-order valence-corrected chi connectivity index (χ3v) is 4.26. The van der Waals surface area contributed by atoms with Crippen LogP contribution in [0.4, 0.5) is 5.69 Å². The van der Waals surface area contributed by atoms with E-state index in [2.05, 4.69) is 33.4 Å². The highest BCUT2D eigenvalue weighted by Crippen LogP contribution is 2.33. The summed E-state index contributed by atoms with van der Waals surface area (Å²) in [7, 11) is 0. The molecule has 0 amide bonds. The van der Waals surface area contributed by atoms with E-state index in [-0.39, 0.29) is 0 Å². The van der Waals surface area contributed by atoms with Crippen LogP contribution in [0.15, 0.2) is 53.0 Å². The summed E-state index contributed by atoms with van der Waals surface area (Å²) in [4.78, 5) is 12.2. The second-order valence-electron chi connectivity index (χ2n) is 5.21. The van der Waals surface area contributed by atoms with Crippen LogP contribution in [0.5, 0.6) is 0 Å². The lowest BCUT2D eigenvalue weighted by atomic mass is 9.93. The predicted octanol–water partition coefficient (Wildman–Crippen LogP) is 4.16. The molecular formula is C17H16BrNO. The molecule has 1 unspecified atom stereocenters. The lowest BCUT2D eigenvalue weighted by Crippen LogP contribution is -2.11. The van der Waals surface area contributed by atoms with Crippen molar-refractivity contribution in [3.8, 4) is 0 Å². The van der Waals surface area contributed by atoms with Crippen molar-refractivity contribution in [3.63, 3.8) is 0 Å². The first-order valence-corrected chi connectivity index (χ1v) is 7.60. The summed E-state index contributed by atoms with van der Waals surface area (Å²) in [6.07, 6.45) is 1.13. The predicted molar refractivity (Wildman–Crippen MR) is 85.1 cm³/mol. The first-order valence-electron chi connectivity index (χ1n) is 6.81. The van der Waals surface area contributed by atoms with E-state index in [0.717, 1.165) is 16.6 Å². The Kier molecular flexibility index (Phi) is 3.88. The normalized spacial score (nSPS) is 16.6. The number of Topliss-reactive ketones (excluding diaryl/α,β-unsaturated/α-hetero) is 1. The van der Waals surface area contributed by atoms with Gasteiger partial charge in [-0.15, -0.1) is 0 Å². The molecule has 0 spiro atoms. The van der Waals surface area contributed by atoms with Gasteiger partial charge in [0.15, 0.2) is 0 Å². The number of anilines is 1. The molecule has 1 heterocycles. The molecule has 2 aromatic rings. The van der Waals surface area contributed by atoms with Gasteiger partial charge in [-0.3, -0.25) is 4.79 Å². The Bertz CT molecular complexity index is 621. The molecule has 1 N–H and O–H groups in total. The van der Waals surface area contributed by atoms with Crippen molar-refractivity contribution < 1.29 is 4.79 Å². The van der Waals surface area contributed by atoms with Crippen molar-refractivity contribution in [2.24, 2.45) is 0 Å². The number of fused-ring (bicyclic) bond motifs is 1. The zero-order valence-corrected chi connectivity index (χ0v) is 12.7. The lowest BCUT2D eigenvalue weighted by Gasteiger charge is -2.09. The van der Waals surface area contributed by atoms with Crippen LogP contribution in [0.2, 0.25) is 0 Å². The van der Waals surface area contributed by atoms with E-state index in [4.69, 9.17) is 0 Å². The number of ketones is 1. The molecule has 20 heavy (non-hydrogen) atoms. The van der Waals surface area contributed by atoms with Crippen molar-refractivity contribution in [3.05, 3.63) is 64.1 Å². The zero-order valence-electron chi connectivity index (χ0n) is 11.1. The summed E-state index contributed by atoms with van der Waals surface area (Å²) in [6.45, 7) is 0.866. The van der Waals surface area contributed by atoms with Gasteiger partial charge < -0.3 is 5.32 Å². The second kappa shape index (κ2) is 5.80. The Morgan fingerprint density at radius 2 is 1.90 bits per heavy atom. The molecular weight excluding hydrogens is 314 g/mol. The molecule has 1 aliphatic rings. The third kappa shape index (κ3) is 2.93. The summed E-state index contributed by atoms with van der Waals surface area (Å²) in [6, 6.07) is 16.2. The molecule has 1 atom stereocenters. The minimum Gasteiger partial charge on any atom is -0.384 e. The highest BCUT2D eigenvalue weighted by atomic mass is 79.9. The van der Waals surface area contributed by atoms with Gasteiger partial charge in [0.25, 0.3) is 0 Å². The van der Waals surface area contributed by atoms with Crippen LogP contribution < -0.4 is 5.32 Å². The number of benzene rings is 2. The molecule has 2 aromatic carbocycles. The fourth-order valence-corrected chi connectivity index (χ4v) is 2.98. The van der Waals surface area contributed by atoms with Gasteiger partial charge in [-0.2, -0.15) is 0 Å². The third-order valence-electron chi connectivity index (χ3n) is 3.73. The van der Waals surface area contributed by atoms with Crippen molar-refractivity contribution in [1.29, 1.82) is 0 Å². The maximum Gasteiger partial charge on any atom is 0.137 e. The molecule has 0 radical (unpaired) electrons. The van der Waals surface area contributed by atoms with Crippen LogP contribution >= 0.6 is 15.9 Å². The fourth-order valence-electron chi connectivity index (χ4n) is 2.72. The highest BCUT2D eigenvalue weighted by molar-refractivity contribution is 9.10. The van der Waals surface area contributed by atoms with Gasteiger partial charge in [0, 0.05) is 35.5 Å². The van der Waals surface area contributed by atoms with Gasteiger partial charge in [-0.25, -0.2) is 0 Å². The Balaban J connectivity index is 1.64. The number of carbonyl (C=O) groups is 1. The van der Waals surface area contributed by atoms with Gasteiger partial charge in [0.1, 0.15) is 5.78 Å². The van der Waals surface area contributed by atoms with E-state index in [0.29, 0.717) is 24.5 Å². The molecule has 3 rings (SSSR count). The van der Waals surface area contributed by atoms with Crippen molar-refractivity contribution in [1.82, 2.24) is 0 Å². The Morgan fingerprint density at radius 3 is 2.70 bits per heavy atom. The number of nitrogens with one attached hydrogen (secondary N) is 1. The number of para-hydroxylation sites is 1. The average Bonchev–Trinajstić information content (AvgIpc) is 2.85. The highest BCUT2D eigenvalue weighted by Gasteiger charge is 2.23. The van der Waals surface area contributed by atoms with Gasteiger partial charge in [0.05, 0.1) is 0 Å². The average molecular weight is 330 g/mol. The molecule has 3 heteroatoms. The van der Waals surface area contributed by atoms with Gasteiger partial charge in [0.2, 0.25) is 0 Å². The lowest BCUT2D eigenvalue weighted by molar-refractivity contribution is -0.118. The molecule has 0 bridgehead atoms. The summed E-state index contributed by atoms with van der Waals surface area (Å²) in [5.41, 5.74) is 3.53. The van der Waals surface area contributed by atoms with Crippen LogP contribution in [0.25, 0.3) is 0 Å². The number of carbonyl (C=O) groups excluding carboxylic acids is 1. The minimum absolute atomic E-state index is 0.302.